The Hall–Kier alpha value is -1.14. The van der Waals surface area contributed by atoms with Crippen molar-refractivity contribution in [2.45, 2.75) is 19.6 Å². The van der Waals surface area contributed by atoms with Crippen LogP contribution in [0.4, 0.5) is 0 Å². The highest BCUT2D eigenvalue weighted by atomic mass is 16.5. The molecule has 1 rings (SSSR count). The van der Waals surface area contributed by atoms with Crippen molar-refractivity contribution in [3.63, 3.8) is 0 Å². The maximum Gasteiger partial charge on any atom is 0.118 e. The minimum absolute atomic E-state index is 0.0179. The van der Waals surface area contributed by atoms with Gasteiger partial charge in [-0.1, -0.05) is 19.1 Å². The van der Waals surface area contributed by atoms with Crippen molar-refractivity contribution in [3.05, 3.63) is 29.8 Å². The normalized spacial score (nSPS) is 12.7. The summed E-state index contributed by atoms with van der Waals surface area (Å²) in [6.45, 7) is 4.11. The van der Waals surface area contributed by atoms with Gasteiger partial charge in [0.15, 0.2) is 0 Å². The molecule has 0 aliphatic carbocycles. The third kappa shape index (κ3) is 5.16. The van der Waals surface area contributed by atoms with Crippen LogP contribution in [0.3, 0.4) is 0 Å². The smallest absolute Gasteiger partial charge is 0.118 e. The van der Waals surface area contributed by atoms with Crippen LogP contribution < -0.4 is 10.1 Å². The van der Waals surface area contributed by atoms with Crippen LogP contribution in [0.15, 0.2) is 24.3 Å². The van der Waals surface area contributed by atoms with Crippen LogP contribution in [0.25, 0.3) is 0 Å². The highest BCUT2D eigenvalue weighted by molar-refractivity contribution is 5.27. The van der Waals surface area contributed by atoms with E-state index in [9.17, 15) is 5.11 Å². The molecule has 108 valence electrons. The first kappa shape index (κ1) is 15.9. The van der Waals surface area contributed by atoms with Crippen molar-refractivity contribution in [2.24, 2.45) is 0 Å². The summed E-state index contributed by atoms with van der Waals surface area (Å²) in [5, 5.41) is 21.7. The van der Waals surface area contributed by atoms with Gasteiger partial charge in [0.05, 0.1) is 26.5 Å². The topological polar surface area (TPSA) is 65.0 Å². The number of likely N-dealkylation sites (N-methyl/N-ethyl adjacent to an activating group) is 1. The summed E-state index contributed by atoms with van der Waals surface area (Å²) in [5.41, 5.74) is 1.12. The molecule has 0 heterocycles. The average molecular weight is 268 g/mol. The summed E-state index contributed by atoms with van der Waals surface area (Å²) < 4.78 is 5.11. The summed E-state index contributed by atoms with van der Waals surface area (Å²) in [5.74, 6) is 0.831. The van der Waals surface area contributed by atoms with Crippen LogP contribution in [0.1, 0.15) is 12.5 Å². The standard InChI is InChI=1S/C14H24N2O3/c1-3-16(8-9-17)14(11-18)15-10-12-4-6-13(19-2)7-5-12/h4-7,14-15,17-18H,3,8-11H2,1-2H3. The summed E-state index contributed by atoms with van der Waals surface area (Å²) in [6.07, 6.45) is -0.140. The van der Waals surface area contributed by atoms with Crippen molar-refractivity contribution >= 4 is 0 Å². The molecule has 1 aromatic carbocycles. The summed E-state index contributed by atoms with van der Waals surface area (Å²) in [6, 6.07) is 7.80. The van der Waals surface area contributed by atoms with E-state index in [1.165, 1.54) is 0 Å². The summed E-state index contributed by atoms with van der Waals surface area (Å²) in [4.78, 5) is 2.00. The summed E-state index contributed by atoms with van der Waals surface area (Å²) in [7, 11) is 1.64. The van der Waals surface area contributed by atoms with Gasteiger partial charge in [-0.2, -0.15) is 0 Å². The van der Waals surface area contributed by atoms with Crippen molar-refractivity contribution < 1.29 is 14.9 Å². The van der Waals surface area contributed by atoms with Crippen molar-refractivity contribution in [3.8, 4) is 5.75 Å². The molecule has 0 saturated carbocycles. The second-order valence-corrected chi connectivity index (χ2v) is 4.28. The van der Waals surface area contributed by atoms with E-state index in [2.05, 4.69) is 5.32 Å². The number of methoxy groups -OCH3 is 1. The SMILES string of the molecule is CCN(CCO)C(CO)NCc1ccc(OC)cc1. The third-order valence-corrected chi connectivity index (χ3v) is 3.11. The molecule has 0 saturated heterocycles. The lowest BCUT2D eigenvalue weighted by Crippen LogP contribution is -2.48. The van der Waals surface area contributed by atoms with Gasteiger partial charge >= 0.3 is 0 Å². The minimum Gasteiger partial charge on any atom is -0.497 e. The molecule has 3 N–H and O–H groups in total. The third-order valence-electron chi connectivity index (χ3n) is 3.11. The van der Waals surface area contributed by atoms with E-state index >= 15 is 0 Å². The number of aliphatic hydroxyl groups is 2. The number of ether oxygens (including phenoxy) is 1. The summed E-state index contributed by atoms with van der Waals surface area (Å²) >= 11 is 0. The van der Waals surface area contributed by atoms with Crippen molar-refractivity contribution in [2.75, 3.05) is 33.4 Å². The van der Waals surface area contributed by atoms with Crippen LogP contribution in [0.2, 0.25) is 0 Å². The van der Waals surface area contributed by atoms with E-state index in [0.29, 0.717) is 13.1 Å². The maximum absolute atomic E-state index is 9.41. The fourth-order valence-corrected chi connectivity index (χ4v) is 1.95. The molecule has 0 aromatic heterocycles. The minimum atomic E-state index is -0.140. The van der Waals surface area contributed by atoms with Gasteiger partial charge in [-0.25, -0.2) is 0 Å². The molecule has 0 aliphatic heterocycles. The monoisotopic (exact) mass is 268 g/mol. The largest absolute Gasteiger partial charge is 0.497 e. The first-order chi connectivity index (χ1) is 9.24. The molecule has 0 aliphatic rings. The Balaban J connectivity index is 2.51. The quantitative estimate of drug-likeness (QED) is 0.566. The van der Waals surface area contributed by atoms with Gasteiger partial charge in [0.1, 0.15) is 5.75 Å². The van der Waals surface area contributed by atoms with Crippen LogP contribution in [0, 0.1) is 0 Å². The number of benzene rings is 1. The number of nitrogens with one attached hydrogen (secondary N) is 1. The Kier molecular flexibility index (Phi) is 7.43. The van der Waals surface area contributed by atoms with Crippen LogP contribution in [0.5, 0.6) is 5.75 Å². The Bertz CT molecular complexity index is 343. The maximum atomic E-state index is 9.41. The molecule has 19 heavy (non-hydrogen) atoms. The van der Waals surface area contributed by atoms with Crippen LogP contribution in [-0.2, 0) is 6.54 Å². The Morgan fingerprint density at radius 2 is 1.95 bits per heavy atom. The number of rotatable bonds is 9. The van der Waals surface area contributed by atoms with Gasteiger partial charge in [0.2, 0.25) is 0 Å². The number of hydrogen-bond donors (Lipinski definition) is 3. The molecule has 0 amide bonds. The first-order valence-corrected chi connectivity index (χ1v) is 6.57. The van der Waals surface area contributed by atoms with Gasteiger partial charge in [0.25, 0.3) is 0 Å². The number of hydrogen-bond acceptors (Lipinski definition) is 5. The lowest BCUT2D eigenvalue weighted by molar-refractivity contribution is 0.0844. The molecule has 0 radical (unpaired) electrons. The fraction of sp³-hybridized carbons (Fsp3) is 0.571. The Morgan fingerprint density at radius 1 is 1.26 bits per heavy atom. The molecule has 0 bridgehead atoms. The lowest BCUT2D eigenvalue weighted by Gasteiger charge is -2.29. The van der Waals surface area contributed by atoms with Crippen LogP contribution in [-0.4, -0.2) is 54.7 Å². The first-order valence-electron chi connectivity index (χ1n) is 6.57. The van der Waals surface area contributed by atoms with Gasteiger partial charge in [-0.15, -0.1) is 0 Å². The molecular weight excluding hydrogens is 244 g/mol. The molecule has 5 heteroatoms. The second kappa shape index (κ2) is 8.87. The molecule has 1 unspecified atom stereocenters. The van der Waals surface area contributed by atoms with Gasteiger partial charge in [-0.05, 0) is 24.2 Å². The molecule has 5 nitrogen and oxygen atoms in total. The van der Waals surface area contributed by atoms with E-state index in [0.717, 1.165) is 17.9 Å². The van der Waals surface area contributed by atoms with Crippen molar-refractivity contribution in [1.82, 2.24) is 10.2 Å². The van der Waals surface area contributed by atoms with E-state index < -0.39 is 0 Å². The number of nitrogens with zero attached hydrogens (tertiary/aromatic N) is 1. The van der Waals surface area contributed by atoms with Gasteiger partial charge < -0.3 is 14.9 Å². The highest BCUT2D eigenvalue weighted by Crippen LogP contribution is 2.11. The predicted octanol–water partition coefficient (Wildman–Crippen LogP) is 0.417. The van der Waals surface area contributed by atoms with E-state index in [1.54, 1.807) is 7.11 Å². The molecule has 0 fully saturated rings. The zero-order chi connectivity index (χ0) is 14.1. The zero-order valence-electron chi connectivity index (χ0n) is 11.7. The average Bonchev–Trinajstić information content (AvgIpc) is 2.47. The van der Waals surface area contributed by atoms with E-state index in [-0.39, 0.29) is 19.4 Å². The highest BCUT2D eigenvalue weighted by Gasteiger charge is 2.14. The number of aliphatic hydroxyl groups excluding tert-OH is 2. The predicted molar refractivity (Wildman–Crippen MR) is 75.0 cm³/mol. The molecule has 1 atom stereocenters. The van der Waals surface area contributed by atoms with Crippen molar-refractivity contribution in [1.29, 1.82) is 0 Å². The lowest BCUT2D eigenvalue weighted by atomic mass is 10.2. The van der Waals surface area contributed by atoms with Gasteiger partial charge in [-0.3, -0.25) is 10.2 Å². The van der Waals surface area contributed by atoms with Gasteiger partial charge in [0, 0.05) is 13.1 Å². The molecule has 0 spiro atoms. The Labute approximate surface area is 114 Å². The van der Waals surface area contributed by atoms with E-state index in [4.69, 9.17) is 9.84 Å². The Morgan fingerprint density at radius 3 is 2.42 bits per heavy atom. The van der Waals surface area contributed by atoms with Crippen LogP contribution >= 0.6 is 0 Å². The second-order valence-electron chi connectivity index (χ2n) is 4.28. The fourth-order valence-electron chi connectivity index (χ4n) is 1.95. The zero-order valence-corrected chi connectivity index (χ0v) is 11.7. The molecular formula is C14H24N2O3. The molecule has 1 aromatic rings. The van der Waals surface area contributed by atoms with E-state index in [1.807, 2.05) is 36.1 Å².